The summed E-state index contributed by atoms with van der Waals surface area (Å²) in [6.45, 7) is 5.75. The molecule has 0 unspecified atom stereocenters. The Kier molecular flexibility index (Phi) is 5.54. The number of nitrogens with zero attached hydrogens (tertiary/aromatic N) is 2. The van der Waals surface area contributed by atoms with E-state index in [-0.39, 0.29) is 11.0 Å². The molecule has 0 aliphatic carbocycles. The van der Waals surface area contributed by atoms with Gasteiger partial charge in [0.2, 0.25) is 11.9 Å². The minimum absolute atomic E-state index is 0.161. The SMILES string of the molecule is Cc1ccc(/C=C/C(=O)NC(=S)Nc2nc(C)cc(C)n2)cc1. The predicted octanol–water partition coefficient (Wildman–Crippen LogP) is 2.93. The second-order valence-electron chi connectivity index (χ2n) is 5.16. The number of carbonyl (C=O) groups is 1. The molecule has 23 heavy (non-hydrogen) atoms. The van der Waals surface area contributed by atoms with Crippen molar-refractivity contribution in [3.05, 3.63) is 58.9 Å². The van der Waals surface area contributed by atoms with E-state index in [0.717, 1.165) is 17.0 Å². The fourth-order valence-electron chi connectivity index (χ4n) is 1.92. The first-order valence-corrected chi connectivity index (χ1v) is 7.52. The zero-order chi connectivity index (χ0) is 16.8. The van der Waals surface area contributed by atoms with Gasteiger partial charge in [0.25, 0.3) is 0 Å². The smallest absolute Gasteiger partial charge is 0.250 e. The second-order valence-corrected chi connectivity index (χ2v) is 5.57. The van der Waals surface area contributed by atoms with Crippen molar-refractivity contribution in [3.8, 4) is 0 Å². The zero-order valence-corrected chi connectivity index (χ0v) is 14.1. The average molecular weight is 326 g/mol. The van der Waals surface area contributed by atoms with Crippen LogP contribution in [0.2, 0.25) is 0 Å². The first-order valence-electron chi connectivity index (χ1n) is 7.11. The maximum Gasteiger partial charge on any atom is 0.250 e. The zero-order valence-electron chi connectivity index (χ0n) is 13.3. The highest BCUT2D eigenvalue weighted by molar-refractivity contribution is 7.80. The molecule has 1 aromatic heterocycles. The van der Waals surface area contributed by atoms with Gasteiger partial charge in [0, 0.05) is 17.5 Å². The number of aromatic nitrogens is 2. The van der Waals surface area contributed by atoms with E-state index in [4.69, 9.17) is 12.2 Å². The lowest BCUT2D eigenvalue weighted by Gasteiger charge is -2.07. The van der Waals surface area contributed by atoms with Crippen molar-refractivity contribution in [2.24, 2.45) is 0 Å². The van der Waals surface area contributed by atoms with Crippen LogP contribution in [-0.4, -0.2) is 21.0 Å². The number of amides is 1. The van der Waals surface area contributed by atoms with Crippen LogP contribution in [0.4, 0.5) is 5.95 Å². The number of aryl methyl sites for hydroxylation is 3. The van der Waals surface area contributed by atoms with E-state index in [1.165, 1.54) is 11.6 Å². The molecule has 0 fully saturated rings. The molecule has 6 heteroatoms. The van der Waals surface area contributed by atoms with E-state index < -0.39 is 0 Å². The Morgan fingerprint density at radius 3 is 2.30 bits per heavy atom. The molecule has 2 rings (SSSR count). The number of hydrogen-bond donors (Lipinski definition) is 2. The Hall–Kier alpha value is -2.60. The Morgan fingerprint density at radius 2 is 1.70 bits per heavy atom. The highest BCUT2D eigenvalue weighted by Gasteiger charge is 2.04. The molecule has 0 aliphatic rings. The summed E-state index contributed by atoms with van der Waals surface area (Å²) in [4.78, 5) is 20.3. The van der Waals surface area contributed by atoms with Crippen molar-refractivity contribution in [2.75, 3.05) is 5.32 Å². The van der Waals surface area contributed by atoms with Crippen LogP contribution < -0.4 is 10.6 Å². The molecule has 118 valence electrons. The van der Waals surface area contributed by atoms with Crippen LogP contribution >= 0.6 is 12.2 Å². The summed E-state index contributed by atoms with van der Waals surface area (Å²) in [5.74, 6) is 0.0581. The van der Waals surface area contributed by atoms with Gasteiger partial charge in [-0.3, -0.25) is 10.1 Å². The summed E-state index contributed by atoms with van der Waals surface area (Å²) in [6.07, 6.45) is 3.16. The molecular weight excluding hydrogens is 308 g/mol. The number of carbonyl (C=O) groups excluding carboxylic acids is 1. The van der Waals surface area contributed by atoms with Crippen molar-refractivity contribution in [1.29, 1.82) is 0 Å². The fraction of sp³-hybridized carbons (Fsp3) is 0.176. The summed E-state index contributed by atoms with van der Waals surface area (Å²) < 4.78 is 0. The van der Waals surface area contributed by atoms with Gasteiger partial charge in [-0.05, 0) is 50.7 Å². The second kappa shape index (κ2) is 7.60. The van der Waals surface area contributed by atoms with Gasteiger partial charge < -0.3 is 5.32 Å². The lowest BCUT2D eigenvalue weighted by atomic mass is 10.1. The molecule has 0 atom stereocenters. The third-order valence-corrected chi connectivity index (χ3v) is 3.15. The molecule has 5 nitrogen and oxygen atoms in total. The number of thiocarbonyl (C=S) groups is 1. The minimum Gasteiger partial charge on any atom is -0.301 e. The van der Waals surface area contributed by atoms with E-state index in [0.29, 0.717) is 5.95 Å². The average Bonchev–Trinajstić information content (AvgIpc) is 2.45. The van der Waals surface area contributed by atoms with E-state index in [1.54, 1.807) is 6.08 Å². The van der Waals surface area contributed by atoms with Gasteiger partial charge in [-0.15, -0.1) is 0 Å². The van der Waals surface area contributed by atoms with Crippen LogP contribution in [-0.2, 0) is 4.79 Å². The molecule has 1 heterocycles. The predicted molar refractivity (Wildman–Crippen MR) is 96.1 cm³/mol. The highest BCUT2D eigenvalue weighted by Crippen LogP contribution is 2.05. The topological polar surface area (TPSA) is 66.9 Å². The number of benzene rings is 1. The van der Waals surface area contributed by atoms with Gasteiger partial charge in [0.1, 0.15) is 0 Å². The molecule has 0 aliphatic heterocycles. The number of nitrogens with one attached hydrogen (secondary N) is 2. The first-order chi connectivity index (χ1) is 10.9. The quantitative estimate of drug-likeness (QED) is 0.670. The maximum absolute atomic E-state index is 11.9. The molecule has 0 spiro atoms. The van der Waals surface area contributed by atoms with Crippen molar-refractivity contribution in [3.63, 3.8) is 0 Å². The Balaban J connectivity index is 1.91. The maximum atomic E-state index is 11.9. The minimum atomic E-state index is -0.313. The van der Waals surface area contributed by atoms with Crippen molar-refractivity contribution in [1.82, 2.24) is 15.3 Å². The number of hydrogen-bond acceptors (Lipinski definition) is 4. The molecule has 0 radical (unpaired) electrons. The van der Waals surface area contributed by atoms with Crippen LogP contribution in [0.15, 0.2) is 36.4 Å². The summed E-state index contributed by atoms with van der Waals surface area (Å²) in [7, 11) is 0. The molecule has 1 aromatic carbocycles. The number of anilines is 1. The van der Waals surface area contributed by atoms with Crippen molar-refractivity contribution < 1.29 is 4.79 Å². The standard InChI is InChI=1S/C17H18N4OS/c1-11-4-6-14(7-5-11)8-9-15(22)20-17(23)21-16-18-12(2)10-13(3)19-16/h4-10H,1-3H3,(H2,18,19,20,21,22,23)/b9-8+. The van der Waals surface area contributed by atoms with Gasteiger partial charge >= 0.3 is 0 Å². The fourth-order valence-corrected chi connectivity index (χ4v) is 2.11. The van der Waals surface area contributed by atoms with Gasteiger partial charge in [0.15, 0.2) is 5.11 Å². The van der Waals surface area contributed by atoms with Crippen molar-refractivity contribution >= 4 is 35.3 Å². The van der Waals surface area contributed by atoms with Gasteiger partial charge in [-0.1, -0.05) is 29.8 Å². The van der Waals surface area contributed by atoms with Crippen molar-refractivity contribution in [2.45, 2.75) is 20.8 Å². The van der Waals surface area contributed by atoms with E-state index >= 15 is 0 Å². The first kappa shape index (κ1) is 16.8. The summed E-state index contributed by atoms with van der Waals surface area (Å²) in [5.41, 5.74) is 3.77. The van der Waals surface area contributed by atoms with Crippen LogP contribution in [0.3, 0.4) is 0 Å². The molecule has 2 aromatic rings. The summed E-state index contributed by atoms with van der Waals surface area (Å²) in [5, 5.41) is 5.53. The molecule has 0 saturated heterocycles. The van der Waals surface area contributed by atoms with Crippen LogP contribution in [0, 0.1) is 20.8 Å². The lowest BCUT2D eigenvalue weighted by Crippen LogP contribution is -2.33. The monoisotopic (exact) mass is 326 g/mol. The van der Waals surface area contributed by atoms with Gasteiger partial charge in [-0.2, -0.15) is 0 Å². The van der Waals surface area contributed by atoms with Gasteiger partial charge in [0.05, 0.1) is 0 Å². The summed E-state index contributed by atoms with van der Waals surface area (Å²) >= 11 is 5.09. The van der Waals surface area contributed by atoms with Crippen LogP contribution in [0.25, 0.3) is 6.08 Å². The molecule has 0 bridgehead atoms. The van der Waals surface area contributed by atoms with Gasteiger partial charge in [-0.25, -0.2) is 9.97 Å². The lowest BCUT2D eigenvalue weighted by molar-refractivity contribution is -0.115. The molecule has 0 saturated carbocycles. The van der Waals surface area contributed by atoms with E-state index in [1.807, 2.05) is 51.1 Å². The highest BCUT2D eigenvalue weighted by atomic mass is 32.1. The third-order valence-electron chi connectivity index (χ3n) is 2.95. The number of rotatable bonds is 3. The Morgan fingerprint density at radius 1 is 1.09 bits per heavy atom. The third kappa shape index (κ3) is 5.60. The van der Waals surface area contributed by atoms with E-state index in [9.17, 15) is 4.79 Å². The normalized spacial score (nSPS) is 10.6. The summed E-state index contributed by atoms with van der Waals surface area (Å²) in [6, 6.07) is 9.72. The van der Waals surface area contributed by atoms with Crippen LogP contribution in [0.1, 0.15) is 22.5 Å². The molecule has 1 amide bonds. The Bertz CT molecular complexity index is 733. The Labute approximate surface area is 140 Å². The van der Waals surface area contributed by atoms with Crippen LogP contribution in [0.5, 0.6) is 0 Å². The molecule has 2 N–H and O–H groups in total. The van der Waals surface area contributed by atoms with E-state index in [2.05, 4.69) is 20.6 Å². The molecular formula is C17H18N4OS. The largest absolute Gasteiger partial charge is 0.301 e.